The number of carbonyl (C=O) groups excluding carboxylic acids is 2. The summed E-state index contributed by atoms with van der Waals surface area (Å²) in [4.78, 5) is 21.6. The molecule has 0 spiro atoms. The minimum absolute atomic E-state index is 0. The molecule has 0 rings (SSSR count). The number of hydrogen-bond donors (Lipinski definition) is 0. The number of unbranched alkanes of at least 4 members (excludes halogenated alkanes) is 2. The van der Waals surface area contributed by atoms with E-state index in [2.05, 4.69) is 0 Å². The van der Waals surface area contributed by atoms with Gasteiger partial charge in [-0.05, 0) is 18.3 Å². The van der Waals surface area contributed by atoms with Gasteiger partial charge in [-0.3, -0.25) is 0 Å². The van der Waals surface area contributed by atoms with Crippen LogP contribution >= 0.6 is 0 Å². The third-order valence-corrected chi connectivity index (χ3v) is 2.93. The minimum Gasteiger partial charge on any atom is -0.549 e. The zero-order valence-corrected chi connectivity index (χ0v) is 15.3. The van der Waals surface area contributed by atoms with Gasteiger partial charge in [0.25, 0.3) is 0 Å². The van der Waals surface area contributed by atoms with Gasteiger partial charge >= 0.3 is 70.2 Å². The van der Waals surface area contributed by atoms with Crippen LogP contribution in [0.3, 0.4) is 0 Å². The number of carbonyl (C=O) groups is 2. The normalized spacial score (nSPS) is 11.6. The summed E-state index contributed by atoms with van der Waals surface area (Å²) in [6.07, 6.45) is 3.44. The van der Waals surface area contributed by atoms with Crippen LogP contribution in [0.2, 0.25) is 0 Å². The third kappa shape index (κ3) is 9.14. The summed E-state index contributed by atoms with van der Waals surface area (Å²) in [6.45, 7) is 5.70. The van der Waals surface area contributed by atoms with Crippen LogP contribution in [-0.4, -0.2) is 11.9 Å². The average Bonchev–Trinajstić information content (AvgIpc) is 2.14. The first kappa shape index (κ1) is 24.2. The second-order valence-corrected chi connectivity index (χ2v) is 4.52. The summed E-state index contributed by atoms with van der Waals surface area (Å²) >= 11 is 0. The zero-order valence-electron chi connectivity index (χ0n) is 12.2. The van der Waals surface area contributed by atoms with Gasteiger partial charge in [0.15, 0.2) is 0 Å². The van der Waals surface area contributed by atoms with Crippen molar-refractivity contribution >= 4 is 11.9 Å². The first-order valence-corrected chi connectivity index (χ1v) is 5.83. The zero-order chi connectivity index (χ0) is 12.7. The van der Waals surface area contributed by atoms with Crippen LogP contribution < -0.4 is 80.5 Å². The molecule has 94 valence electrons. The maximum Gasteiger partial charge on any atom is 1.00 e. The molecular formula is C12H20KLiO4. The van der Waals surface area contributed by atoms with Crippen molar-refractivity contribution < 1.29 is 90.0 Å². The van der Waals surface area contributed by atoms with E-state index in [4.69, 9.17) is 0 Å². The van der Waals surface area contributed by atoms with Crippen molar-refractivity contribution in [2.24, 2.45) is 17.8 Å². The molecule has 1 atom stereocenters. The predicted molar refractivity (Wildman–Crippen MR) is 56.0 cm³/mol. The Labute approximate surface area is 164 Å². The van der Waals surface area contributed by atoms with Crippen molar-refractivity contribution in [2.75, 3.05) is 0 Å². The summed E-state index contributed by atoms with van der Waals surface area (Å²) < 4.78 is 0. The van der Waals surface area contributed by atoms with Crippen molar-refractivity contribution in [1.82, 2.24) is 0 Å². The van der Waals surface area contributed by atoms with E-state index in [9.17, 15) is 19.8 Å². The first-order chi connectivity index (χ1) is 7.41. The number of carboxylic acids is 2. The van der Waals surface area contributed by atoms with Crippen LogP contribution in [0.25, 0.3) is 0 Å². The van der Waals surface area contributed by atoms with Gasteiger partial charge in [-0.2, -0.15) is 0 Å². The van der Waals surface area contributed by atoms with Crippen LogP contribution in [0.4, 0.5) is 0 Å². The van der Waals surface area contributed by atoms with Gasteiger partial charge in [0.05, 0.1) is 11.9 Å². The fourth-order valence-electron chi connectivity index (χ4n) is 1.96. The SMILES string of the molecule is CCCCCC(C(C)C)C(C(=O)[O-])C(=O)[O-].[K+].[Li+]. The Morgan fingerprint density at radius 3 is 1.78 bits per heavy atom. The van der Waals surface area contributed by atoms with Crippen molar-refractivity contribution in [3.05, 3.63) is 0 Å². The fraction of sp³-hybridized carbons (Fsp3) is 0.833. The molecule has 0 fully saturated rings. The molecule has 0 aliphatic rings. The second kappa shape index (κ2) is 13.2. The van der Waals surface area contributed by atoms with Gasteiger partial charge in [-0.15, -0.1) is 0 Å². The first-order valence-electron chi connectivity index (χ1n) is 5.83. The van der Waals surface area contributed by atoms with Gasteiger partial charge in [0.1, 0.15) is 0 Å². The quantitative estimate of drug-likeness (QED) is 0.251. The summed E-state index contributed by atoms with van der Waals surface area (Å²) in [7, 11) is 0. The molecule has 0 bridgehead atoms. The van der Waals surface area contributed by atoms with Gasteiger partial charge < -0.3 is 19.8 Å². The predicted octanol–water partition coefficient (Wildman–Crippen LogP) is -6.04. The van der Waals surface area contributed by atoms with Gasteiger partial charge in [-0.25, -0.2) is 0 Å². The molecule has 0 saturated carbocycles. The maximum absolute atomic E-state index is 10.8. The van der Waals surface area contributed by atoms with Crippen molar-refractivity contribution in [2.45, 2.75) is 46.5 Å². The minimum atomic E-state index is -1.53. The molecule has 0 aromatic rings. The topological polar surface area (TPSA) is 80.3 Å². The molecule has 0 N–H and O–H groups in total. The van der Waals surface area contributed by atoms with Gasteiger partial charge in [0, 0.05) is 5.92 Å². The standard InChI is InChI=1S/C12H22O4.K.Li/c1-4-5-6-7-9(8(2)3)10(11(13)14)12(15)16;;/h8-10H,4-7H2,1-3H3,(H,13,14)(H,15,16);;/q;2*+1/p-2. The van der Waals surface area contributed by atoms with E-state index in [1.807, 2.05) is 20.8 Å². The monoisotopic (exact) mass is 274 g/mol. The Hall–Kier alpha value is 1.17. The third-order valence-electron chi connectivity index (χ3n) is 2.93. The van der Waals surface area contributed by atoms with Crippen LogP contribution in [0.15, 0.2) is 0 Å². The van der Waals surface area contributed by atoms with Crippen molar-refractivity contribution in [3.63, 3.8) is 0 Å². The van der Waals surface area contributed by atoms with E-state index < -0.39 is 23.8 Å². The van der Waals surface area contributed by atoms with E-state index >= 15 is 0 Å². The van der Waals surface area contributed by atoms with Crippen molar-refractivity contribution in [1.29, 1.82) is 0 Å². The molecule has 18 heavy (non-hydrogen) atoms. The maximum atomic E-state index is 10.8. The Balaban J connectivity index is -0.00000112. The number of aliphatic carboxylic acids is 2. The molecule has 0 aromatic carbocycles. The molecule has 0 saturated heterocycles. The summed E-state index contributed by atoms with van der Waals surface area (Å²) in [5.41, 5.74) is 0. The van der Waals surface area contributed by atoms with Crippen LogP contribution in [0, 0.1) is 17.8 Å². The van der Waals surface area contributed by atoms with E-state index in [-0.39, 0.29) is 76.2 Å². The summed E-state index contributed by atoms with van der Waals surface area (Å²) in [6, 6.07) is 0. The number of rotatable bonds is 8. The molecule has 0 aliphatic carbocycles. The number of carboxylic acid groups (broad SMARTS) is 2. The molecule has 0 amide bonds. The van der Waals surface area contributed by atoms with E-state index in [0.29, 0.717) is 6.42 Å². The van der Waals surface area contributed by atoms with Gasteiger partial charge in [0.2, 0.25) is 0 Å². The van der Waals surface area contributed by atoms with Crippen LogP contribution in [0.5, 0.6) is 0 Å². The molecule has 0 heterocycles. The number of hydrogen-bond acceptors (Lipinski definition) is 4. The van der Waals surface area contributed by atoms with Gasteiger partial charge in [-0.1, -0.05) is 40.0 Å². The Morgan fingerprint density at radius 1 is 1.06 bits per heavy atom. The smallest absolute Gasteiger partial charge is 0.549 e. The molecule has 6 heteroatoms. The van der Waals surface area contributed by atoms with E-state index in [1.54, 1.807) is 0 Å². The second-order valence-electron chi connectivity index (χ2n) is 4.52. The van der Waals surface area contributed by atoms with Crippen LogP contribution in [-0.2, 0) is 9.59 Å². The van der Waals surface area contributed by atoms with E-state index in [0.717, 1.165) is 19.3 Å². The largest absolute Gasteiger partial charge is 1.00 e. The van der Waals surface area contributed by atoms with E-state index in [1.165, 1.54) is 0 Å². The molecule has 0 radical (unpaired) electrons. The molecule has 0 aliphatic heterocycles. The molecule has 0 aromatic heterocycles. The Bertz CT molecular complexity index is 232. The fourth-order valence-corrected chi connectivity index (χ4v) is 1.96. The van der Waals surface area contributed by atoms with Crippen molar-refractivity contribution in [3.8, 4) is 0 Å². The Kier molecular flexibility index (Phi) is 17.7. The van der Waals surface area contributed by atoms with Crippen LogP contribution in [0.1, 0.15) is 46.5 Å². The summed E-state index contributed by atoms with van der Waals surface area (Å²) in [5.74, 6) is -4.96. The average molecular weight is 274 g/mol. The molecule has 1 unspecified atom stereocenters. The molecular weight excluding hydrogens is 254 g/mol. The summed E-state index contributed by atoms with van der Waals surface area (Å²) in [5, 5.41) is 21.6. The molecule has 4 nitrogen and oxygen atoms in total. The Morgan fingerprint density at radius 2 is 1.50 bits per heavy atom.